The summed E-state index contributed by atoms with van der Waals surface area (Å²) in [6, 6.07) is 0.722. The molecule has 4 atom stereocenters. The largest absolute Gasteiger partial charge is 0.329 e. The van der Waals surface area contributed by atoms with E-state index < -0.39 is 0 Å². The minimum Gasteiger partial charge on any atom is -0.329 e. The summed E-state index contributed by atoms with van der Waals surface area (Å²) in [6.07, 6.45) is 3.98. The minimum absolute atomic E-state index is 0.285. The molecule has 2 N–H and O–H groups in total. The molecule has 4 unspecified atom stereocenters. The summed E-state index contributed by atoms with van der Waals surface area (Å²) in [6.45, 7) is 9.22. The summed E-state index contributed by atoms with van der Waals surface area (Å²) in [7, 11) is 0. The third-order valence-electron chi connectivity index (χ3n) is 4.59. The van der Waals surface area contributed by atoms with Gasteiger partial charge in [-0.25, -0.2) is 0 Å². The van der Waals surface area contributed by atoms with E-state index in [4.69, 9.17) is 5.73 Å². The predicted molar refractivity (Wildman–Crippen MR) is 72.9 cm³/mol. The normalized spacial score (nSPS) is 46.1. The van der Waals surface area contributed by atoms with Crippen LogP contribution in [0.2, 0.25) is 0 Å². The van der Waals surface area contributed by atoms with Gasteiger partial charge in [0.1, 0.15) is 0 Å². The topological polar surface area (TPSA) is 29.3 Å². The number of hydrogen-bond donors (Lipinski definition) is 1. The lowest BCUT2D eigenvalue weighted by Crippen LogP contribution is -2.61. The molecule has 2 aliphatic rings. The van der Waals surface area contributed by atoms with E-state index in [-0.39, 0.29) is 5.54 Å². The van der Waals surface area contributed by atoms with Crippen molar-refractivity contribution in [2.24, 2.45) is 11.7 Å². The predicted octanol–water partition coefficient (Wildman–Crippen LogP) is 2.33. The maximum Gasteiger partial charge on any atom is 0.0450 e. The fourth-order valence-electron chi connectivity index (χ4n) is 3.68. The van der Waals surface area contributed by atoms with Crippen molar-refractivity contribution in [2.75, 3.05) is 18.8 Å². The van der Waals surface area contributed by atoms with E-state index in [1.54, 1.807) is 0 Å². The number of rotatable bonds is 2. The van der Waals surface area contributed by atoms with Gasteiger partial charge in [0.15, 0.2) is 0 Å². The SMILES string of the molecule is CC1CC(C)N(C2(CN)CCCSC2C)C1. The van der Waals surface area contributed by atoms with Crippen molar-refractivity contribution in [1.29, 1.82) is 0 Å². The molecule has 0 saturated carbocycles. The van der Waals surface area contributed by atoms with Crippen molar-refractivity contribution in [3.05, 3.63) is 0 Å². The molecular weight excluding hydrogens is 216 g/mol. The summed E-state index contributed by atoms with van der Waals surface area (Å²) in [5.74, 6) is 2.17. The molecule has 94 valence electrons. The zero-order valence-corrected chi connectivity index (χ0v) is 11.7. The van der Waals surface area contributed by atoms with E-state index in [0.717, 1.165) is 18.5 Å². The summed E-state index contributed by atoms with van der Waals surface area (Å²) in [5, 5.41) is 0.694. The Kier molecular flexibility index (Phi) is 3.87. The van der Waals surface area contributed by atoms with Crippen LogP contribution in [0.15, 0.2) is 0 Å². The maximum atomic E-state index is 6.16. The average molecular weight is 242 g/mol. The monoisotopic (exact) mass is 242 g/mol. The molecule has 2 aliphatic heterocycles. The Morgan fingerprint density at radius 2 is 2.12 bits per heavy atom. The van der Waals surface area contributed by atoms with Crippen LogP contribution in [0.1, 0.15) is 40.0 Å². The molecule has 0 spiro atoms. The molecule has 2 nitrogen and oxygen atoms in total. The maximum absolute atomic E-state index is 6.16. The molecule has 2 saturated heterocycles. The van der Waals surface area contributed by atoms with Crippen molar-refractivity contribution in [2.45, 2.75) is 56.9 Å². The molecule has 0 aromatic heterocycles. The summed E-state index contributed by atoms with van der Waals surface area (Å²) in [4.78, 5) is 2.73. The third kappa shape index (κ3) is 2.02. The number of nitrogens with zero attached hydrogens (tertiary/aromatic N) is 1. The van der Waals surface area contributed by atoms with Crippen molar-refractivity contribution in [1.82, 2.24) is 4.90 Å². The Balaban J connectivity index is 2.19. The van der Waals surface area contributed by atoms with Crippen LogP contribution in [0.4, 0.5) is 0 Å². The number of thioether (sulfide) groups is 1. The van der Waals surface area contributed by atoms with Gasteiger partial charge in [0, 0.05) is 29.9 Å². The van der Waals surface area contributed by atoms with Gasteiger partial charge in [0.25, 0.3) is 0 Å². The second-order valence-corrected chi connectivity index (χ2v) is 7.22. The number of likely N-dealkylation sites (tertiary alicyclic amines) is 1. The first-order valence-corrected chi connectivity index (χ1v) is 7.73. The molecule has 0 bridgehead atoms. The van der Waals surface area contributed by atoms with E-state index in [0.29, 0.717) is 5.25 Å². The molecule has 16 heavy (non-hydrogen) atoms. The van der Waals surface area contributed by atoms with Crippen LogP contribution in [-0.4, -0.2) is 40.6 Å². The molecule has 3 heteroatoms. The Labute approximate surface area is 104 Å². The molecule has 0 radical (unpaired) electrons. The Morgan fingerprint density at radius 3 is 2.62 bits per heavy atom. The summed E-state index contributed by atoms with van der Waals surface area (Å²) in [5.41, 5.74) is 6.45. The van der Waals surface area contributed by atoms with E-state index in [2.05, 4.69) is 37.4 Å². The molecule has 0 aliphatic carbocycles. The standard InChI is InChI=1S/C13H26N2S/c1-10-7-11(2)15(8-10)13(9-14)5-4-6-16-12(13)3/h10-12H,4-9,14H2,1-3H3. The van der Waals surface area contributed by atoms with Crippen LogP contribution in [0, 0.1) is 5.92 Å². The van der Waals surface area contributed by atoms with Gasteiger partial charge in [0.05, 0.1) is 0 Å². The first-order chi connectivity index (χ1) is 7.60. The van der Waals surface area contributed by atoms with Crippen molar-refractivity contribution in [3.63, 3.8) is 0 Å². The Hall–Kier alpha value is 0.270. The Bertz CT molecular complexity index is 246. The lowest BCUT2D eigenvalue weighted by Gasteiger charge is -2.50. The van der Waals surface area contributed by atoms with Crippen LogP contribution in [0.5, 0.6) is 0 Å². The van der Waals surface area contributed by atoms with Gasteiger partial charge in [-0.3, -0.25) is 4.90 Å². The zero-order valence-electron chi connectivity index (χ0n) is 10.9. The van der Waals surface area contributed by atoms with Gasteiger partial charge in [-0.15, -0.1) is 0 Å². The molecule has 0 amide bonds. The van der Waals surface area contributed by atoms with E-state index in [1.807, 2.05) is 0 Å². The lowest BCUT2D eigenvalue weighted by atomic mass is 9.87. The van der Waals surface area contributed by atoms with Crippen LogP contribution >= 0.6 is 11.8 Å². The smallest absolute Gasteiger partial charge is 0.0450 e. The van der Waals surface area contributed by atoms with E-state index >= 15 is 0 Å². The lowest BCUT2D eigenvalue weighted by molar-refractivity contribution is 0.0734. The molecular formula is C13H26N2S. The van der Waals surface area contributed by atoms with Crippen LogP contribution in [0.3, 0.4) is 0 Å². The fourth-order valence-corrected chi connectivity index (χ4v) is 5.00. The van der Waals surface area contributed by atoms with Gasteiger partial charge >= 0.3 is 0 Å². The van der Waals surface area contributed by atoms with Crippen molar-refractivity contribution < 1.29 is 0 Å². The van der Waals surface area contributed by atoms with Crippen LogP contribution < -0.4 is 5.73 Å². The van der Waals surface area contributed by atoms with Gasteiger partial charge in [-0.05, 0) is 37.9 Å². The van der Waals surface area contributed by atoms with Crippen LogP contribution in [-0.2, 0) is 0 Å². The molecule has 0 aromatic rings. The molecule has 2 fully saturated rings. The third-order valence-corrected chi connectivity index (χ3v) is 6.05. The van der Waals surface area contributed by atoms with Gasteiger partial charge < -0.3 is 5.73 Å². The van der Waals surface area contributed by atoms with Crippen molar-refractivity contribution in [3.8, 4) is 0 Å². The van der Waals surface area contributed by atoms with Gasteiger partial charge in [-0.1, -0.05) is 13.8 Å². The van der Waals surface area contributed by atoms with Crippen molar-refractivity contribution >= 4 is 11.8 Å². The summed E-state index contributed by atoms with van der Waals surface area (Å²) >= 11 is 2.12. The minimum atomic E-state index is 0.285. The highest BCUT2D eigenvalue weighted by Crippen LogP contribution is 2.42. The highest BCUT2D eigenvalue weighted by atomic mass is 32.2. The van der Waals surface area contributed by atoms with E-state index in [1.165, 1.54) is 31.6 Å². The first kappa shape index (κ1) is 12.7. The zero-order chi connectivity index (χ0) is 11.8. The Morgan fingerprint density at radius 1 is 1.38 bits per heavy atom. The second kappa shape index (κ2) is 4.87. The number of nitrogens with two attached hydrogens (primary N) is 1. The first-order valence-electron chi connectivity index (χ1n) is 6.68. The van der Waals surface area contributed by atoms with Crippen LogP contribution in [0.25, 0.3) is 0 Å². The molecule has 2 heterocycles. The van der Waals surface area contributed by atoms with Gasteiger partial charge in [-0.2, -0.15) is 11.8 Å². The summed E-state index contributed by atoms with van der Waals surface area (Å²) < 4.78 is 0. The highest BCUT2D eigenvalue weighted by Gasteiger charge is 2.46. The molecule has 2 rings (SSSR count). The fraction of sp³-hybridized carbons (Fsp3) is 1.00. The average Bonchev–Trinajstić information content (AvgIpc) is 2.59. The quantitative estimate of drug-likeness (QED) is 0.806. The molecule has 0 aromatic carbocycles. The van der Waals surface area contributed by atoms with E-state index in [9.17, 15) is 0 Å². The van der Waals surface area contributed by atoms with Gasteiger partial charge in [0.2, 0.25) is 0 Å². The second-order valence-electron chi connectivity index (χ2n) is 5.77. The highest BCUT2D eigenvalue weighted by molar-refractivity contribution is 8.00. The number of hydrogen-bond acceptors (Lipinski definition) is 3.